The first-order chi connectivity index (χ1) is 12.1. The Balaban J connectivity index is 1.41. The zero-order valence-corrected chi connectivity index (χ0v) is 14.6. The molecule has 5 nitrogen and oxygen atoms in total. The second-order valence-corrected chi connectivity index (χ2v) is 7.14. The Kier molecular flexibility index (Phi) is 6.02. The second-order valence-electron chi connectivity index (χ2n) is 7.14. The van der Waals surface area contributed by atoms with Crippen molar-refractivity contribution < 1.29 is 18.9 Å². The van der Waals surface area contributed by atoms with Gasteiger partial charge in [-0.2, -0.15) is 0 Å². The van der Waals surface area contributed by atoms with Gasteiger partial charge >= 0.3 is 0 Å². The number of nitrogens with zero attached hydrogens (tertiary/aromatic N) is 1. The minimum absolute atomic E-state index is 0.0753. The number of piperazine rings is 1. The van der Waals surface area contributed by atoms with Gasteiger partial charge in [-0.05, 0) is 37.1 Å². The van der Waals surface area contributed by atoms with E-state index in [2.05, 4.69) is 5.32 Å². The summed E-state index contributed by atoms with van der Waals surface area (Å²) in [5, 5.41) is 2.80. The predicted molar refractivity (Wildman–Crippen MR) is 93.7 cm³/mol. The molecule has 0 aromatic heterocycles. The standard InChI is InChI=1S/C19H26FN3O2/c20-16-6-8-17(9-7-16)21-18(24)14-22-10-12-23(13-11-22)19(25)15-4-2-1-3-5-15/h6-9,15H,1-5,10-14H2,(H,21,24)/p+1. The zero-order chi connectivity index (χ0) is 17.6. The lowest BCUT2D eigenvalue weighted by Crippen LogP contribution is -3.15. The van der Waals surface area contributed by atoms with Gasteiger partial charge in [-0.3, -0.25) is 9.59 Å². The van der Waals surface area contributed by atoms with Gasteiger partial charge in [0.05, 0.1) is 26.2 Å². The summed E-state index contributed by atoms with van der Waals surface area (Å²) in [4.78, 5) is 27.9. The summed E-state index contributed by atoms with van der Waals surface area (Å²) < 4.78 is 12.9. The van der Waals surface area contributed by atoms with Gasteiger partial charge in [0.2, 0.25) is 5.91 Å². The molecular weight excluding hydrogens is 321 g/mol. The summed E-state index contributed by atoms with van der Waals surface area (Å²) in [6.07, 6.45) is 5.67. The van der Waals surface area contributed by atoms with Crippen LogP contribution >= 0.6 is 0 Å². The van der Waals surface area contributed by atoms with Crippen LogP contribution in [0.1, 0.15) is 32.1 Å². The molecule has 25 heavy (non-hydrogen) atoms. The summed E-state index contributed by atoms with van der Waals surface area (Å²) in [6.45, 7) is 3.44. The highest BCUT2D eigenvalue weighted by Gasteiger charge is 2.30. The molecule has 2 N–H and O–H groups in total. The second kappa shape index (κ2) is 8.43. The molecule has 2 aliphatic rings. The lowest BCUT2D eigenvalue weighted by molar-refractivity contribution is -0.895. The number of quaternary nitrogens is 1. The van der Waals surface area contributed by atoms with Crippen LogP contribution in [0.15, 0.2) is 24.3 Å². The summed E-state index contributed by atoms with van der Waals surface area (Å²) in [7, 11) is 0. The molecule has 136 valence electrons. The third kappa shape index (κ3) is 5.01. The van der Waals surface area contributed by atoms with Gasteiger partial charge in [-0.15, -0.1) is 0 Å². The Morgan fingerprint density at radius 3 is 2.36 bits per heavy atom. The molecule has 0 unspecified atom stereocenters. The number of rotatable bonds is 4. The third-order valence-electron chi connectivity index (χ3n) is 5.28. The number of carbonyl (C=O) groups excluding carboxylic acids is 2. The Morgan fingerprint density at radius 1 is 1.08 bits per heavy atom. The average Bonchev–Trinajstić information content (AvgIpc) is 2.64. The number of benzene rings is 1. The lowest BCUT2D eigenvalue weighted by Gasteiger charge is -2.34. The van der Waals surface area contributed by atoms with Crippen LogP contribution in [0.4, 0.5) is 10.1 Å². The van der Waals surface area contributed by atoms with Crippen LogP contribution in [0.3, 0.4) is 0 Å². The van der Waals surface area contributed by atoms with Crippen LogP contribution in [-0.2, 0) is 9.59 Å². The van der Waals surface area contributed by atoms with Crippen molar-refractivity contribution in [3.05, 3.63) is 30.1 Å². The van der Waals surface area contributed by atoms with E-state index >= 15 is 0 Å². The monoisotopic (exact) mass is 348 g/mol. The summed E-state index contributed by atoms with van der Waals surface area (Å²) in [5.74, 6) is 0.141. The molecule has 1 saturated heterocycles. The van der Waals surface area contributed by atoms with E-state index in [0.29, 0.717) is 18.1 Å². The molecule has 1 aliphatic heterocycles. The fraction of sp³-hybridized carbons (Fsp3) is 0.579. The Hall–Kier alpha value is -1.95. The minimum atomic E-state index is -0.317. The fourth-order valence-corrected chi connectivity index (χ4v) is 3.79. The molecule has 2 amide bonds. The van der Waals surface area contributed by atoms with Crippen molar-refractivity contribution in [2.24, 2.45) is 5.92 Å². The first-order valence-corrected chi connectivity index (χ1v) is 9.29. The third-order valence-corrected chi connectivity index (χ3v) is 5.28. The maximum Gasteiger partial charge on any atom is 0.279 e. The van der Waals surface area contributed by atoms with Crippen LogP contribution in [0.25, 0.3) is 0 Å². The van der Waals surface area contributed by atoms with Crippen molar-refractivity contribution in [2.75, 3.05) is 38.0 Å². The highest BCUT2D eigenvalue weighted by molar-refractivity contribution is 5.91. The van der Waals surface area contributed by atoms with Crippen LogP contribution in [0.2, 0.25) is 0 Å². The molecule has 1 heterocycles. The van der Waals surface area contributed by atoms with E-state index in [0.717, 1.165) is 39.0 Å². The molecule has 0 radical (unpaired) electrons. The van der Waals surface area contributed by atoms with Crippen LogP contribution < -0.4 is 10.2 Å². The SMILES string of the molecule is O=C(C[NH+]1CCN(C(=O)C2CCCCC2)CC1)Nc1ccc(F)cc1. The molecule has 1 aromatic rings. The van der Waals surface area contributed by atoms with Crippen molar-refractivity contribution >= 4 is 17.5 Å². The molecule has 2 fully saturated rings. The molecule has 6 heteroatoms. The van der Waals surface area contributed by atoms with Crippen LogP contribution in [0.5, 0.6) is 0 Å². The van der Waals surface area contributed by atoms with E-state index in [1.807, 2.05) is 4.90 Å². The highest BCUT2D eigenvalue weighted by Crippen LogP contribution is 2.25. The maximum atomic E-state index is 12.9. The fourth-order valence-electron chi connectivity index (χ4n) is 3.79. The number of halogens is 1. The van der Waals surface area contributed by atoms with Gasteiger partial charge in [0.25, 0.3) is 5.91 Å². The number of hydrogen-bond donors (Lipinski definition) is 2. The maximum absolute atomic E-state index is 12.9. The number of nitrogens with one attached hydrogen (secondary N) is 2. The van der Waals surface area contributed by atoms with E-state index in [1.54, 1.807) is 12.1 Å². The van der Waals surface area contributed by atoms with Gasteiger partial charge < -0.3 is 15.1 Å². The molecular formula is C19H27FN3O2+. The van der Waals surface area contributed by atoms with E-state index < -0.39 is 0 Å². The van der Waals surface area contributed by atoms with E-state index in [4.69, 9.17) is 0 Å². The van der Waals surface area contributed by atoms with Crippen molar-refractivity contribution in [3.8, 4) is 0 Å². The molecule has 0 bridgehead atoms. The van der Waals surface area contributed by atoms with Crippen LogP contribution in [-0.4, -0.2) is 49.4 Å². The number of hydrogen-bond acceptors (Lipinski definition) is 2. The Bertz CT molecular complexity index is 591. The lowest BCUT2D eigenvalue weighted by atomic mass is 9.88. The van der Waals surface area contributed by atoms with Crippen molar-refractivity contribution in [2.45, 2.75) is 32.1 Å². The first-order valence-electron chi connectivity index (χ1n) is 9.29. The molecule has 1 saturated carbocycles. The predicted octanol–water partition coefficient (Wildman–Crippen LogP) is 1.07. The minimum Gasteiger partial charge on any atom is -0.331 e. The van der Waals surface area contributed by atoms with Crippen molar-refractivity contribution in [1.29, 1.82) is 0 Å². The Morgan fingerprint density at radius 2 is 1.72 bits per heavy atom. The largest absolute Gasteiger partial charge is 0.331 e. The molecule has 1 aliphatic carbocycles. The molecule has 1 aromatic carbocycles. The first kappa shape index (κ1) is 17.9. The van der Waals surface area contributed by atoms with Crippen molar-refractivity contribution in [1.82, 2.24) is 4.90 Å². The molecule has 0 spiro atoms. The van der Waals surface area contributed by atoms with Gasteiger partial charge in [0.1, 0.15) is 5.82 Å². The number of carbonyl (C=O) groups is 2. The van der Waals surface area contributed by atoms with E-state index in [-0.39, 0.29) is 17.6 Å². The Labute approximate surface area is 148 Å². The average molecular weight is 348 g/mol. The summed E-state index contributed by atoms with van der Waals surface area (Å²) in [5.41, 5.74) is 0.608. The molecule has 3 rings (SSSR count). The quantitative estimate of drug-likeness (QED) is 0.855. The topological polar surface area (TPSA) is 53.9 Å². The van der Waals surface area contributed by atoms with Crippen LogP contribution in [0, 0.1) is 11.7 Å². The summed E-state index contributed by atoms with van der Waals surface area (Å²) >= 11 is 0. The van der Waals surface area contributed by atoms with Gasteiger partial charge in [-0.25, -0.2) is 4.39 Å². The van der Waals surface area contributed by atoms with Gasteiger partial charge in [-0.1, -0.05) is 19.3 Å². The number of amides is 2. The number of anilines is 1. The smallest absolute Gasteiger partial charge is 0.279 e. The normalized spacial score (nSPS) is 19.6. The van der Waals surface area contributed by atoms with Gasteiger partial charge in [0, 0.05) is 11.6 Å². The van der Waals surface area contributed by atoms with Crippen molar-refractivity contribution in [3.63, 3.8) is 0 Å². The van der Waals surface area contributed by atoms with Gasteiger partial charge in [0.15, 0.2) is 6.54 Å². The zero-order valence-electron chi connectivity index (χ0n) is 14.6. The highest BCUT2D eigenvalue weighted by atomic mass is 19.1. The molecule has 0 atom stereocenters. The van der Waals surface area contributed by atoms with E-state index in [1.165, 1.54) is 36.3 Å². The van der Waals surface area contributed by atoms with E-state index in [9.17, 15) is 14.0 Å². The summed E-state index contributed by atoms with van der Waals surface area (Å²) in [6, 6.07) is 5.78.